The van der Waals surface area contributed by atoms with E-state index in [1.165, 1.54) is 0 Å². The van der Waals surface area contributed by atoms with E-state index in [9.17, 15) is 9.90 Å². The molecule has 5 heteroatoms. The molecule has 1 heterocycles. The fourth-order valence-electron chi connectivity index (χ4n) is 2.70. The summed E-state index contributed by atoms with van der Waals surface area (Å²) in [6, 6.07) is 10.5. The number of carbonyl (C=O) groups excluding carboxylic acids is 1. The van der Waals surface area contributed by atoms with Gasteiger partial charge >= 0.3 is 0 Å². The standard InChI is InChI=1S/C16H18N2O3/c1-21-10-8-14(17-9-10)16(20)18-13-6-2-5-12-11(13)4-3-7-15(12)19/h2-7,10,14,17,19H,8-9H2,1H3,(H,18,20). The molecular weight excluding hydrogens is 268 g/mol. The van der Waals surface area contributed by atoms with E-state index in [2.05, 4.69) is 10.6 Å². The van der Waals surface area contributed by atoms with E-state index in [1.807, 2.05) is 24.3 Å². The Bertz CT molecular complexity index is 672. The van der Waals surface area contributed by atoms with Crippen molar-refractivity contribution in [1.29, 1.82) is 0 Å². The van der Waals surface area contributed by atoms with E-state index in [0.29, 0.717) is 18.7 Å². The fourth-order valence-corrected chi connectivity index (χ4v) is 2.70. The van der Waals surface area contributed by atoms with Crippen LogP contribution >= 0.6 is 0 Å². The molecule has 1 aliphatic rings. The zero-order chi connectivity index (χ0) is 14.8. The Labute approximate surface area is 122 Å². The Balaban J connectivity index is 1.82. The number of nitrogens with one attached hydrogen (secondary N) is 2. The number of fused-ring (bicyclic) bond motifs is 1. The van der Waals surface area contributed by atoms with Crippen molar-refractivity contribution in [1.82, 2.24) is 5.32 Å². The Morgan fingerprint density at radius 2 is 2.05 bits per heavy atom. The van der Waals surface area contributed by atoms with Gasteiger partial charge in [-0.05, 0) is 18.6 Å². The molecule has 2 atom stereocenters. The number of rotatable bonds is 3. The summed E-state index contributed by atoms with van der Waals surface area (Å²) >= 11 is 0. The number of phenolic OH excluding ortho intramolecular Hbond substituents is 1. The molecular formula is C16H18N2O3. The summed E-state index contributed by atoms with van der Waals surface area (Å²) in [4.78, 5) is 12.3. The second-order valence-corrected chi connectivity index (χ2v) is 5.22. The van der Waals surface area contributed by atoms with Crippen molar-refractivity contribution in [2.24, 2.45) is 0 Å². The summed E-state index contributed by atoms with van der Waals surface area (Å²) in [7, 11) is 1.65. The number of phenols is 1. The first-order valence-corrected chi connectivity index (χ1v) is 6.97. The molecule has 1 fully saturated rings. The number of aromatic hydroxyl groups is 1. The second-order valence-electron chi connectivity index (χ2n) is 5.22. The van der Waals surface area contributed by atoms with E-state index < -0.39 is 0 Å². The third-order valence-corrected chi connectivity index (χ3v) is 3.90. The highest BCUT2D eigenvalue weighted by atomic mass is 16.5. The lowest BCUT2D eigenvalue weighted by Crippen LogP contribution is -2.35. The monoisotopic (exact) mass is 286 g/mol. The van der Waals surface area contributed by atoms with E-state index in [4.69, 9.17) is 4.74 Å². The van der Waals surface area contributed by atoms with Crippen LogP contribution in [0.4, 0.5) is 5.69 Å². The maximum Gasteiger partial charge on any atom is 0.241 e. The minimum atomic E-state index is -0.248. The van der Waals surface area contributed by atoms with E-state index in [0.717, 1.165) is 10.8 Å². The predicted molar refractivity (Wildman–Crippen MR) is 81.4 cm³/mol. The van der Waals surface area contributed by atoms with Gasteiger partial charge in [0.25, 0.3) is 0 Å². The fraction of sp³-hybridized carbons (Fsp3) is 0.312. The molecule has 0 aliphatic carbocycles. The molecule has 3 rings (SSSR count). The molecule has 110 valence electrons. The van der Waals surface area contributed by atoms with Gasteiger partial charge < -0.3 is 20.5 Å². The number of ether oxygens (including phenoxy) is 1. The number of hydrogen-bond acceptors (Lipinski definition) is 4. The summed E-state index contributed by atoms with van der Waals surface area (Å²) < 4.78 is 5.25. The summed E-state index contributed by atoms with van der Waals surface area (Å²) in [6.45, 7) is 0.685. The molecule has 0 bridgehead atoms. The number of carbonyl (C=O) groups is 1. The van der Waals surface area contributed by atoms with E-state index in [-0.39, 0.29) is 23.8 Å². The Kier molecular flexibility index (Phi) is 3.77. The van der Waals surface area contributed by atoms with Gasteiger partial charge in [0.05, 0.1) is 12.1 Å². The van der Waals surface area contributed by atoms with Crippen molar-refractivity contribution in [3.63, 3.8) is 0 Å². The summed E-state index contributed by atoms with van der Waals surface area (Å²) in [5.41, 5.74) is 0.705. The van der Waals surface area contributed by atoms with Gasteiger partial charge in [0, 0.05) is 30.1 Å². The molecule has 5 nitrogen and oxygen atoms in total. The molecule has 2 unspecified atom stereocenters. The van der Waals surface area contributed by atoms with Crippen LogP contribution in [0.15, 0.2) is 36.4 Å². The quantitative estimate of drug-likeness (QED) is 0.805. The molecule has 21 heavy (non-hydrogen) atoms. The average molecular weight is 286 g/mol. The lowest BCUT2D eigenvalue weighted by Gasteiger charge is -2.13. The number of benzene rings is 2. The van der Waals surface area contributed by atoms with Crippen LogP contribution in [0.1, 0.15) is 6.42 Å². The summed E-state index contributed by atoms with van der Waals surface area (Å²) in [5.74, 6) is 0.132. The third kappa shape index (κ3) is 2.70. The van der Waals surface area contributed by atoms with Crippen LogP contribution in [0.25, 0.3) is 10.8 Å². The van der Waals surface area contributed by atoms with Gasteiger partial charge in [0.2, 0.25) is 5.91 Å². The van der Waals surface area contributed by atoms with Crippen molar-refractivity contribution in [2.75, 3.05) is 19.0 Å². The van der Waals surface area contributed by atoms with Crippen LogP contribution in [-0.4, -0.2) is 36.8 Å². The second kappa shape index (κ2) is 5.71. The Hall–Kier alpha value is -2.11. The Morgan fingerprint density at radius 1 is 1.29 bits per heavy atom. The lowest BCUT2D eigenvalue weighted by atomic mass is 10.1. The van der Waals surface area contributed by atoms with Gasteiger partial charge in [-0.2, -0.15) is 0 Å². The molecule has 2 aromatic carbocycles. The smallest absolute Gasteiger partial charge is 0.241 e. The highest BCUT2D eigenvalue weighted by Crippen LogP contribution is 2.30. The van der Waals surface area contributed by atoms with E-state index >= 15 is 0 Å². The van der Waals surface area contributed by atoms with Crippen LogP contribution < -0.4 is 10.6 Å². The van der Waals surface area contributed by atoms with Crippen LogP contribution in [0.2, 0.25) is 0 Å². The van der Waals surface area contributed by atoms with Crippen molar-refractivity contribution in [2.45, 2.75) is 18.6 Å². The highest BCUT2D eigenvalue weighted by Gasteiger charge is 2.29. The molecule has 0 radical (unpaired) electrons. The van der Waals surface area contributed by atoms with Gasteiger partial charge in [-0.1, -0.05) is 24.3 Å². The molecule has 0 saturated carbocycles. The lowest BCUT2D eigenvalue weighted by molar-refractivity contribution is -0.117. The SMILES string of the molecule is COC1CNC(C(=O)Nc2cccc3c(O)cccc23)C1. The van der Waals surface area contributed by atoms with Crippen LogP contribution in [0.5, 0.6) is 5.75 Å². The zero-order valence-electron chi connectivity index (χ0n) is 11.8. The van der Waals surface area contributed by atoms with Crippen LogP contribution in [0, 0.1) is 0 Å². The van der Waals surface area contributed by atoms with Crippen LogP contribution in [-0.2, 0) is 9.53 Å². The molecule has 1 aliphatic heterocycles. The highest BCUT2D eigenvalue weighted by molar-refractivity contribution is 6.05. The van der Waals surface area contributed by atoms with Crippen molar-refractivity contribution in [3.05, 3.63) is 36.4 Å². The number of hydrogen-bond donors (Lipinski definition) is 3. The van der Waals surface area contributed by atoms with Gasteiger partial charge in [-0.3, -0.25) is 4.79 Å². The average Bonchev–Trinajstić information content (AvgIpc) is 2.97. The first-order chi connectivity index (χ1) is 10.2. The number of amides is 1. The Morgan fingerprint density at radius 3 is 2.81 bits per heavy atom. The normalized spacial score (nSPS) is 21.6. The largest absolute Gasteiger partial charge is 0.507 e. The van der Waals surface area contributed by atoms with Crippen LogP contribution in [0.3, 0.4) is 0 Å². The molecule has 1 saturated heterocycles. The first-order valence-electron chi connectivity index (χ1n) is 6.97. The van der Waals surface area contributed by atoms with Crippen molar-refractivity contribution >= 4 is 22.4 Å². The van der Waals surface area contributed by atoms with Crippen molar-refractivity contribution < 1.29 is 14.6 Å². The van der Waals surface area contributed by atoms with Gasteiger partial charge in [-0.25, -0.2) is 0 Å². The zero-order valence-corrected chi connectivity index (χ0v) is 11.8. The van der Waals surface area contributed by atoms with Gasteiger partial charge in [0.1, 0.15) is 5.75 Å². The van der Waals surface area contributed by atoms with Gasteiger partial charge in [0.15, 0.2) is 0 Å². The number of methoxy groups -OCH3 is 1. The molecule has 0 spiro atoms. The minimum absolute atomic E-state index is 0.0783. The predicted octanol–water partition coefficient (Wildman–Crippen LogP) is 1.86. The molecule has 2 aromatic rings. The summed E-state index contributed by atoms with van der Waals surface area (Å²) in [5, 5.41) is 17.5. The maximum absolute atomic E-state index is 12.3. The molecule has 1 amide bonds. The first kappa shape index (κ1) is 13.9. The third-order valence-electron chi connectivity index (χ3n) is 3.90. The minimum Gasteiger partial charge on any atom is -0.507 e. The topological polar surface area (TPSA) is 70.6 Å². The summed E-state index contributed by atoms with van der Waals surface area (Å²) in [6.07, 6.45) is 0.746. The molecule has 3 N–H and O–H groups in total. The maximum atomic E-state index is 12.3. The van der Waals surface area contributed by atoms with Crippen molar-refractivity contribution in [3.8, 4) is 5.75 Å². The molecule has 0 aromatic heterocycles. The van der Waals surface area contributed by atoms with Gasteiger partial charge in [-0.15, -0.1) is 0 Å². The van der Waals surface area contributed by atoms with E-state index in [1.54, 1.807) is 19.2 Å². The number of anilines is 1.